The maximum absolute atomic E-state index is 12.9. The Bertz CT molecular complexity index is 658. The number of hydrogen-bond donors (Lipinski definition) is 1. The SMILES string of the molecule is Cc1cc(NC(=O)CN(C)Cc2ccc(F)cc2)ccc1Br. The van der Waals surface area contributed by atoms with Crippen molar-refractivity contribution < 1.29 is 9.18 Å². The number of likely N-dealkylation sites (N-methyl/N-ethyl adjacent to an activating group) is 1. The van der Waals surface area contributed by atoms with Crippen LogP contribution in [0.1, 0.15) is 11.1 Å². The first-order valence-electron chi connectivity index (χ1n) is 6.93. The van der Waals surface area contributed by atoms with Gasteiger partial charge in [-0.25, -0.2) is 4.39 Å². The van der Waals surface area contributed by atoms with Gasteiger partial charge in [0.25, 0.3) is 0 Å². The van der Waals surface area contributed by atoms with Gasteiger partial charge >= 0.3 is 0 Å². The molecule has 0 aliphatic rings. The van der Waals surface area contributed by atoms with E-state index in [1.54, 1.807) is 12.1 Å². The van der Waals surface area contributed by atoms with Gasteiger partial charge in [-0.3, -0.25) is 9.69 Å². The lowest BCUT2D eigenvalue weighted by atomic mass is 10.2. The molecule has 0 radical (unpaired) electrons. The molecule has 0 spiro atoms. The van der Waals surface area contributed by atoms with Crippen molar-refractivity contribution in [3.63, 3.8) is 0 Å². The Morgan fingerprint density at radius 3 is 2.55 bits per heavy atom. The molecule has 0 aliphatic heterocycles. The fourth-order valence-corrected chi connectivity index (χ4v) is 2.37. The van der Waals surface area contributed by atoms with E-state index in [2.05, 4.69) is 21.2 Å². The second-order valence-electron chi connectivity index (χ2n) is 5.31. The molecule has 0 atom stereocenters. The fourth-order valence-electron chi connectivity index (χ4n) is 2.13. The molecule has 0 unspecified atom stereocenters. The van der Waals surface area contributed by atoms with Gasteiger partial charge in [0.15, 0.2) is 0 Å². The summed E-state index contributed by atoms with van der Waals surface area (Å²) in [4.78, 5) is 13.9. The molecule has 1 amide bonds. The van der Waals surface area contributed by atoms with Gasteiger partial charge in [0.05, 0.1) is 6.54 Å². The molecular formula is C17H18BrFN2O. The molecule has 2 rings (SSSR count). The van der Waals surface area contributed by atoms with Gasteiger partial charge in [-0.1, -0.05) is 28.1 Å². The normalized spacial score (nSPS) is 10.8. The lowest BCUT2D eigenvalue weighted by Gasteiger charge is -2.16. The van der Waals surface area contributed by atoms with Gasteiger partial charge in [-0.05, 0) is 55.4 Å². The first-order valence-corrected chi connectivity index (χ1v) is 7.72. The molecule has 0 saturated heterocycles. The van der Waals surface area contributed by atoms with E-state index in [0.29, 0.717) is 6.54 Å². The molecule has 116 valence electrons. The molecule has 1 N–H and O–H groups in total. The monoisotopic (exact) mass is 364 g/mol. The first kappa shape index (κ1) is 16.6. The second-order valence-corrected chi connectivity index (χ2v) is 6.17. The Balaban J connectivity index is 1.88. The molecule has 5 heteroatoms. The Hall–Kier alpha value is -1.72. The Morgan fingerprint density at radius 1 is 1.23 bits per heavy atom. The van der Waals surface area contributed by atoms with Crippen molar-refractivity contribution in [1.29, 1.82) is 0 Å². The molecule has 0 heterocycles. The summed E-state index contributed by atoms with van der Waals surface area (Å²) < 4.78 is 13.9. The number of carbonyl (C=O) groups is 1. The number of hydrogen-bond acceptors (Lipinski definition) is 2. The summed E-state index contributed by atoms with van der Waals surface area (Å²) in [5.74, 6) is -0.332. The van der Waals surface area contributed by atoms with Crippen molar-refractivity contribution in [2.75, 3.05) is 18.9 Å². The molecule has 0 saturated carbocycles. The van der Waals surface area contributed by atoms with Crippen LogP contribution < -0.4 is 5.32 Å². The van der Waals surface area contributed by atoms with Crippen LogP contribution in [0.15, 0.2) is 46.9 Å². The number of nitrogens with zero attached hydrogens (tertiary/aromatic N) is 1. The fraction of sp³-hybridized carbons (Fsp3) is 0.235. The maximum Gasteiger partial charge on any atom is 0.238 e. The number of carbonyl (C=O) groups excluding carboxylic acids is 1. The summed E-state index contributed by atoms with van der Waals surface area (Å²) in [6.07, 6.45) is 0. The van der Waals surface area contributed by atoms with Crippen LogP contribution in [0.4, 0.5) is 10.1 Å². The minimum Gasteiger partial charge on any atom is -0.325 e. The Morgan fingerprint density at radius 2 is 1.91 bits per heavy atom. The van der Waals surface area contributed by atoms with E-state index in [-0.39, 0.29) is 18.3 Å². The minimum absolute atomic E-state index is 0.0775. The van der Waals surface area contributed by atoms with E-state index in [0.717, 1.165) is 21.3 Å². The number of amides is 1. The number of nitrogens with one attached hydrogen (secondary N) is 1. The van der Waals surface area contributed by atoms with Gasteiger partial charge in [-0.15, -0.1) is 0 Å². The largest absolute Gasteiger partial charge is 0.325 e. The quantitative estimate of drug-likeness (QED) is 0.870. The predicted octanol–water partition coefficient (Wildman–Crippen LogP) is 3.97. The molecule has 0 aromatic heterocycles. The van der Waals surface area contributed by atoms with E-state index in [4.69, 9.17) is 0 Å². The third-order valence-electron chi connectivity index (χ3n) is 3.22. The zero-order valence-electron chi connectivity index (χ0n) is 12.6. The number of aryl methyl sites for hydroxylation is 1. The second kappa shape index (κ2) is 7.51. The summed E-state index contributed by atoms with van der Waals surface area (Å²) in [5, 5.41) is 2.87. The van der Waals surface area contributed by atoms with E-state index in [9.17, 15) is 9.18 Å². The minimum atomic E-state index is -0.255. The van der Waals surface area contributed by atoms with Crippen LogP contribution in [-0.4, -0.2) is 24.4 Å². The highest BCUT2D eigenvalue weighted by Crippen LogP contribution is 2.19. The number of rotatable bonds is 5. The molecule has 0 fully saturated rings. The number of halogens is 2. The Labute approximate surface area is 138 Å². The molecule has 2 aromatic rings. The number of benzene rings is 2. The molecule has 0 bridgehead atoms. The maximum atomic E-state index is 12.9. The first-order chi connectivity index (χ1) is 10.4. The highest BCUT2D eigenvalue weighted by Gasteiger charge is 2.08. The van der Waals surface area contributed by atoms with E-state index >= 15 is 0 Å². The highest BCUT2D eigenvalue weighted by molar-refractivity contribution is 9.10. The Kier molecular flexibility index (Phi) is 5.69. The predicted molar refractivity (Wildman–Crippen MR) is 90.2 cm³/mol. The van der Waals surface area contributed by atoms with Gasteiger partial charge < -0.3 is 5.32 Å². The lowest BCUT2D eigenvalue weighted by molar-refractivity contribution is -0.117. The summed E-state index contributed by atoms with van der Waals surface area (Å²) in [6.45, 7) is 2.83. The lowest BCUT2D eigenvalue weighted by Crippen LogP contribution is -2.29. The summed E-state index contributed by atoms with van der Waals surface area (Å²) in [5.41, 5.74) is 2.81. The zero-order chi connectivity index (χ0) is 16.1. The van der Waals surface area contributed by atoms with Crippen molar-refractivity contribution in [2.24, 2.45) is 0 Å². The zero-order valence-corrected chi connectivity index (χ0v) is 14.2. The van der Waals surface area contributed by atoms with Gasteiger partial charge in [0, 0.05) is 16.7 Å². The molecular weight excluding hydrogens is 347 g/mol. The van der Waals surface area contributed by atoms with Crippen LogP contribution in [0, 0.1) is 12.7 Å². The number of anilines is 1. The third-order valence-corrected chi connectivity index (χ3v) is 4.11. The summed E-state index contributed by atoms with van der Waals surface area (Å²) in [6, 6.07) is 12.0. The third kappa shape index (κ3) is 4.93. The van der Waals surface area contributed by atoms with E-state index in [1.165, 1.54) is 12.1 Å². The molecule has 2 aromatic carbocycles. The average Bonchev–Trinajstić information content (AvgIpc) is 2.45. The molecule has 0 aliphatic carbocycles. The summed E-state index contributed by atoms with van der Waals surface area (Å²) in [7, 11) is 1.86. The van der Waals surface area contributed by atoms with Crippen molar-refractivity contribution in [3.8, 4) is 0 Å². The molecule has 3 nitrogen and oxygen atoms in total. The van der Waals surface area contributed by atoms with Crippen molar-refractivity contribution in [3.05, 3.63) is 63.9 Å². The van der Waals surface area contributed by atoms with Crippen molar-refractivity contribution in [1.82, 2.24) is 4.90 Å². The van der Waals surface area contributed by atoms with E-state index in [1.807, 2.05) is 37.1 Å². The van der Waals surface area contributed by atoms with E-state index < -0.39 is 0 Å². The van der Waals surface area contributed by atoms with Crippen molar-refractivity contribution in [2.45, 2.75) is 13.5 Å². The van der Waals surface area contributed by atoms with Crippen LogP contribution in [0.5, 0.6) is 0 Å². The smallest absolute Gasteiger partial charge is 0.238 e. The van der Waals surface area contributed by atoms with Crippen LogP contribution in [0.2, 0.25) is 0 Å². The molecule has 22 heavy (non-hydrogen) atoms. The van der Waals surface area contributed by atoms with Crippen LogP contribution in [-0.2, 0) is 11.3 Å². The highest BCUT2D eigenvalue weighted by atomic mass is 79.9. The standard InChI is InChI=1S/C17H18BrFN2O/c1-12-9-15(7-8-16(12)18)20-17(22)11-21(2)10-13-3-5-14(19)6-4-13/h3-9H,10-11H2,1-2H3,(H,20,22). The van der Waals surface area contributed by atoms with Gasteiger partial charge in [0.2, 0.25) is 5.91 Å². The van der Waals surface area contributed by atoms with Crippen LogP contribution >= 0.6 is 15.9 Å². The van der Waals surface area contributed by atoms with Crippen LogP contribution in [0.3, 0.4) is 0 Å². The van der Waals surface area contributed by atoms with Crippen molar-refractivity contribution >= 4 is 27.5 Å². The van der Waals surface area contributed by atoms with Crippen LogP contribution in [0.25, 0.3) is 0 Å². The van der Waals surface area contributed by atoms with Gasteiger partial charge in [-0.2, -0.15) is 0 Å². The topological polar surface area (TPSA) is 32.3 Å². The van der Waals surface area contributed by atoms with Gasteiger partial charge in [0.1, 0.15) is 5.82 Å². The summed E-state index contributed by atoms with van der Waals surface area (Å²) >= 11 is 3.43. The average molecular weight is 365 g/mol.